The van der Waals surface area contributed by atoms with Crippen molar-refractivity contribution < 1.29 is 0 Å². The average molecular weight is 594 g/mol. The highest BCUT2D eigenvalue weighted by atomic mass is 15.3. The fourth-order valence-corrected chi connectivity index (χ4v) is 9.41. The van der Waals surface area contributed by atoms with E-state index in [-0.39, 0.29) is 17.4 Å². The molecule has 46 heavy (non-hydrogen) atoms. The topological polar surface area (TPSA) is 29.0 Å². The number of rotatable bonds is 3. The second kappa shape index (κ2) is 9.99. The van der Waals surface area contributed by atoms with Crippen molar-refractivity contribution in [3.05, 3.63) is 167 Å². The van der Waals surface area contributed by atoms with Gasteiger partial charge in [-0.05, 0) is 53.2 Å². The average Bonchev–Trinajstić information content (AvgIpc) is 3.81. The summed E-state index contributed by atoms with van der Waals surface area (Å²) in [6.07, 6.45) is 16.1. The van der Waals surface area contributed by atoms with E-state index in [1.807, 2.05) is 0 Å². The molecule has 4 aromatic carbocycles. The van der Waals surface area contributed by atoms with E-state index in [4.69, 9.17) is 9.97 Å². The summed E-state index contributed by atoms with van der Waals surface area (Å²) in [6.45, 7) is 0. The number of anilines is 1. The largest absolute Gasteiger partial charge is 0.306 e. The van der Waals surface area contributed by atoms with Gasteiger partial charge >= 0.3 is 0 Å². The van der Waals surface area contributed by atoms with Crippen molar-refractivity contribution >= 4 is 22.4 Å². The Balaban J connectivity index is 1.19. The molecular formula is C43H35N3. The molecule has 1 fully saturated rings. The molecule has 0 radical (unpaired) electrons. The van der Waals surface area contributed by atoms with Crippen molar-refractivity contribution in [3.8, 4) is 11.3 Å². The van der Waals surface area contributed by atoms with Crippen molar-refractivity contribution in [3.63, 3.8) is 0 Å². The summed E-state index contributed by atoms with van der Waals surface area (Å²) in [7, 11) is 0. The van der Waals surface area contributed by atoms with Gasteiger partial charge in [-0.2, -0.15) is 0 Å². The van der Waals surface area contributed by atoms with Gasteiger partial charge in [-0.15, -0.1) is 0 Å². The van der Waals surface area contributed by atoms with Crippen LogP contribution in [0.2, 0.25) is 0 Å². The maximum atomic E-state index is 5.42. The van der Waals surface area contributed by atoms with Crippen LogP contribution < -0.4 is 4.90 Å². The summed E-state index contributed by atoms with van der Waals surface area (Å²) in [4.78, 5) is 13.2. The molecule has 3 unspecified atom stereocenters. The number of nitrogens with zero attached hydrogens (tertiary/aromatic N) is 3. The van der Waals surface area contributed by atoms with Gasteiger partial charge in [-0.1, -0.05) is 146 Å². The highest BCUT2D eigenvalue weighted by molar-refractivity contribution is 5.93. The van der Waals surface area contributed by atoms with Gasteiger partial charge in [-0.25, -0.2) is 9.97 Å². The molecule has 4 aliphatic carbocycles. The Hall–Kier alpha value is -5.02. The molecule has 1 aliphatic heterocycles. The van der Waals surface area contributed by atoms with E-state index in [0.29, 0.717) is 5.92 Å². The molecule has 3 atom stereocenters. The summed E-state index contributed by atoms with van der Waals surface area (Å²) in [5, 5.41) is 1.09. The highest BCUT2D eigenvalue weighted by Gasteiger charge is 2.53. The molecular weight excluding hydrogens is 558 g/mol. The number of hydrogen-bond acceptors (Lipinski definition) is 3. The third kappa shape index (κ3) is 3.72. The van der Waals surface area contributed by atoms with Gasteiger partial charge in [0.1, 0.15) is 0 Å². The zero-order valence-corrected chi connectivity index (χ0v) is 25.8. The van der Waals surface area contributed by atoms with Crippen LogP contribution in [0.5, 0.6) is 0 Å². The van der Waals surface area contributed by atoms with Crippen LogP contribution in [0.3, 0.4) is 0 Å². The Morgan fingerprint density at radius 2 is 1.43 bits per heavy atom. The van der Waals surface area contributed by atoms with Crippen molar-refractivity contribution in [1.29, 1.82) is 0 Å². The molecule has 0 bridgehead atoms. The first kappa shape index (κ1) is 26.2. The van der Waals surface area contributed by atoms with Gasteiger partial charge in [0, 0.05) is 33.9 Å². The molecule has 0 amide bonds. The first-order valence-electron chi connectivity index (χ1n) is 16.9. The predicted molar refractivity (Wildman–Crippen MR) is 187 cm³/mol. The second-order valence-electron chi connectivity index (χ2n) is 13.6. The molecule has 222 valence electrons. The first-order chi connectivity index (χ1) is 22.8. The maximum Gasteiger partial charge on any atom is 0.231 e. The molecule has 10 rings (SSSR count). The number of para-hydroxylation sites is 1. The minimum absolute atomic E-state index is 0.132. The normalized spacial score (nSPS) is 23.7. The maximum absolute atomic E-state index is 5.42. The second-order valence-corrected chi connectivity index (χ2v) is 13.6. The van der Waals surface area contributed by atoms with E-state index in [1.54, 1.807) is 11.1 Å². The summed E-state index contributed by atoms with van der Waals surface area (Å²) in [6, 6.07) is 39.4. The number of allylic oxidation sites excluding steroid dienone is 5. The Labute approximate surface area is 270 Å². The predicted octanol–water partition coefficient (Wildman–Crippen LogP) is 9.95. The molecule has 1 aromatic heterocycles. The number of hydrogen-bond donors (Lipinski definition) is 0. The van der Waals surface area contributed by atoms with Crippen LogP contribution in [0.15, 0.2) is 150 Å². The van der Waals surface area contributed by atoms with Crippen molar-refractivity contribution in [2.45, 2.75) is 49.5 Å². The zero-order chi connectivity index (χ0) is 30.2. The monoisotopic (exact) mass is 593 g/mol. The van der Waals surface area contributed by atoms with Crippen molar-refractivity contribution in [2.24, 2.45) is 5.92 Å². The van der Waals surface area contributed by atoms with Crippen LogP contribution in [0.25, 0.3) is 27.7 Å². The minimum atomic E-state index is 0.132. The van der Waals surface area contributed by atoms with Crippen LogP contribution in [-0.2, 0) is 5.41 Å². The molecule has 5 aromatic rings. The van der Waals surface area contributed by atoms with E-state index in [2.05, 4.69) is 138 Å². The van der Waals surface area contributed by atoms with E-state index in [1.165, 1.54) is 53.7 Å². The van der Waals surface area contributed by atoms with Crippen LogP contribution in [0.1, 0.15) is 54.7 Å². The minimum Gasteiger partial charge on any atom is -0.306 e. The quantitative estimate of drug-likeness (QED) is 0.208. The van der Waals surface area contributed by atoms with Crippen LogP contribution in [-0.4, -0.2) is 16.0 Å². The van der Waals surface area contributed by atoms with Crippen molar-refractivity contribution in [1.82, 2.24) is 9.97 Å². The standard InChI is InChI=1S/C43H35N3/c1-3-13-28(14-4-1)30-21-22-39-34(25-30)35-26-37-33(31-17-7-9-19-36(31)43(37)23-11-12-24-43)27-40(35)46(39)42-44-38-20-10-8-18-32(38)41(45-42)29-15-5-2-6-16-29/h1-10,13-22,25-26,33-34,39H,11-12,23-24,27H2. The SMILES string of the molecule is C1=CC2C(C=C1c1ccccc1)C1=C(CC3C(=C1)C1(CCCC1)c1ccccc13)N2c1nc(-c2ccccc2)c2ccccc2n1. The summed E-state index contributed by atoms with van der Waals surface area (Å²) in [5.41, 5.74) is 13.5. The molecule has 5 aliphatic rings. The third-order valence-electron chi connectivity index (χ3n) is 11.4. The van der Waals surface area contributed by atoms with E-state index < -0.39 is 0 Å². The fourth-order valence-electron chi connectivity index (χ4n) is 9.41. The number of benzene rings is 4. The molecule has 1 saturated carbocycles. The fraction of sp³-hybridized carbons (Fsp3) is 0.209. The van der Waals surface area contributed by atoms with Crippen molar-refractivity contribution in [2.75, 3.05) is 4.90 Å². The van der Waals surface area contributed by atoms with Gasteiger partial charge in [0.05, 0.1) is 17.3 Å². The van der Waals surface area contributed by atoms with E-state index in [9.17, 15) is 0 Å². The third-order valence-corrected chi connectivity index (χ3v) is 11.4. The van der Waals surface area contributed by atoms with E-state index >= 15 is 0 Å². The molecule has 0 N–H and O–H groups in total. The summed E-state index contributed by atoms with van der Waals surface area (Å²) < 4.78 is 0. The number of aromatic nitrogens is 2. The Bertz CT molecular complexity index is 2150. The Kier molecular flexibility index (Phi) is 5.69. The lowest BCUT2D eigenvalue weighted by molar-refractivity contribution is 0.516. The lowest BCUT2D eigenvalue weighted by atomic mass is 9.71. The van der Waals surface area contributed by atoms with Gasteiger partial charge in [-0.3, -0.25) is 0 Å². The van der Waals surface area contributed by atoms with Gasteiger partial charge in [0.15, 0.2) is 0 Å². The molecule has 3 nitrogen and oxygen atoms in total. The molecule has 3 heteroatoms. The molecule has 1 spiro atoms. The van der Waals surface area contributed by atoms with Gasteiger partial charge in [0.2, 0.25) is 5.95 Å². The molecule has 2 heterocycles. The highest BCUT2D eigenvalue weighted by Crippen LogP contribution is 2.63. The summed E-state index contributed by atoms with van der Waals surface area (Å²) in [5.74, 6) is 1.45. The Morgan fingerprint density at radius 1 is 0.717 bits per heavy atom. The lowest BCUT2D eigenvalue weighted by Gasteiger charge is -2.33. The Morgan fingerprint density at radius 3 is 2.26 bits per heavy atom. The van der Waals surface area contributed by atoms with E-state index in [0.717, 1.165) is 34.5 Å². The van der Waals surface area contributed by atoms with Crippen LogP contribution in [0.4, 0.5) is 5.95 Å². The molecule has 0 saturated heterocycles. The summed E-state index contributed by atoms with van der Waals surface area (Å²) >= 11 is 0. The lowest BCUT2D eigenvalue weighted by Crippen LogP contribution is -2.35. The van der Waals surface area contributed by atoms with Gasteiger partial charge < -0.3 is 4.90 Å². The first-order valence-corrected chi connectivity index (χ1v) is 16.9. The number of fused-ring (bicyclic) bond motifs is 8. The van der Waals surface area contributed by atoms with Crippen LogP contribution in [0, 0.1) is 5.92 Å². The zero-order valence-electron chi connectivity index (χ0n) is 25.8. The van der Waals surface area contributed by atoms with Gasteiger partial charge in [0.25, 0.3) is 0 Å². The smallest absolute Gasteiger partial charge is 0.231 e. The van der Waals surface area contributed by atoms with Crippen LogP contribution >= 0.6 is 0 Å².